The number of amides is 1. The largest absolute Gasteiger partial charge is 0.495 e. The molecule has 670 valence electrons. The molecule has 3 heterocycles. The Bertz CT molecular complexity index is 6210. The number of aromatic nitrogens is 6. The van der Waals surface area contributed by atoms with Crippen LogP contribution >= 0.6 is 46.4 Å². The average molecular weight is 1880 g/mol. The number of alkyl halides is 6. The van der Waals surface area contributed by atoms with Crippen LogP contribution in [-0.2, 0) is 58.4 Å². The van der Waals surface area contributed by atoms with Crippen LogP contribution < -0.4 is 57.6 Å². The summed E-state index contributed by atoms with van der Waals surface area (Å²) in [4.78, 5) is 48.0. The lowest BCUT2D eigenvalue weighted by atomic mass is 9.94. The van der Waals surface area contributed by atoms with Crippen LogP contribution in [-0.4, -0.2) is 129 Å². The van der Waals surface area contributed by atoms with Gasteiger partial charge in [0.05, 0.1) is 104 Å². The van der Waals surface area contributed by atoms with E-state index in [-0.39, 0.29) is 89.5 Å². The molecule has 12 aromatic rings. The van der Waals surface area contributed by atoms with Crippen molar-refractivity contribution < 1.29 is 75.4 Å². The number of nitrogens with two attached hydrogens (primary N) is 2. The number of hydrogen-bond donors (Lipinski definition) is 8. The van der Waals surface area contributed by atoms with E-state index in [1.165, 1.54) is 44.9 Å². The number of aryl methyl sites for hydroxylation is 1. The normalized spacial score (nSPS) is 11.6. The number of benzene rings is 9. The van der Waals surface area contributed by atoms with Crippen LogP contribution in [0.2, 0.25) is 20.4 Å². The van der Waals surface area contributed by atoms with E-state index in [2.05, 4.69) is 56.5 Å². The molecule has 0 aliphatic heterocycles. The molecule has 0 bridgehead atoms. The third-order valence-corrected chi connectivity index (χ3v) is 26.6. The van der Waals surface area contributed by atoms with Gasteiger partial charge in [0.2, 0.25) is 23.0 Å². The third kappa shape index (κ3) is 26.4. The molecule has 0 unspecified atom stereocenters. The van der Waals surface area contributed by atoms with Crippen LogP contribution in [0.25, 0.3) is 33.4 Å². The summed E-state index contributed by atoms with van der Waals surface area (Å²) < 4.78 is 168. The molecule has 0 aliphatic carbocycles. The van der Waals surface area contributed by atoms with Gasteiger partial charge in [-0.1, -0.05) is 162 Å². The van der Waals surface area contributed by atoms with Crippen molar-refractivity contribution in [3.8, 4) is 50.6 Å². The lowest BCUT2D eigenvalue weighted by Gasteiger charge is -2.18. The number of nitrogens with one attached hydrogen (secondary N) is 6. The Kier molecular flexibility index (Phi) is 34.7. The van der Waals surface area contributed by atoms with Crippen LogP contribution in [0.15, 0.2) is 233 Å². The lowest BCUT2D eigenvalue weighted by molar-refractivity contribution is -0.173. The number of carbonyl (C=O) groups excluding carboxylic acids is 2. The maximum atomic E-state index is 12.9. The summed E-state index contributed by atoms with van der Waals surface area (Å²) >= 11 is 24.5. The number of halogens is 10. The third-order valence-electron chi connectivity index (χ3n) is 19.0. The lowest BCUT2D eigenvalue weighted by Crippen LogP contribution is -2.37. The SMILES string of the molecule is CC(C)S(=O)(=O)c1ccccc1Nc1nc(Cl)ncc1Cl.COc1cc(-c2ccccc2)c(CCCC(=O)C(F)(F)F)cc1N.COc1cc(-c2ccccc2)c(CCN)cc1Nc1ncc(Cl)c(Nc2ccccc2S(=O)(=O)C(C)C)n1.COc1cc(-c2ccccc2)c(CCNC(=O)C(F)(F)F)cc1Nc1ncc(Cl)c(Nc2ccccc2S(=O)(=O)C(C)C)n1. The molecule has 10 N–H and O–H groups in total. The van der Waals surface area contributed by atoms with Crippen molar-refractivity contribution in [3.63, 3.8) is 0 Å². The summed E-state index contributed by atoms with van der Waals surface area (Å²) in [7, 11) is -6.04. The van der Waals surface area contributed by atoms with Crippen LogP contribution in [0, 0.1) is 0 Å². The first-order chi connectivity index (χ1) is 60.2. The van der Waals surface area contributed by atoms with Crippen LogP contribution in [0.3, 0.4) is 0 Å². The predicted octanol–water partition coefficient (Wildman–Crippen LogP) is 20.8. The molecule has 9 aromatic carbocycles. The maximum Gasteiger partial charge on any atom is 0.471 e. The zero-order chi connectivity index (χ0) is 92.7. The minimum absolute atomic E-state index is 0.0195. The number of para-hydroxylation sites is 3. The molecule has 0 atom stereocenters. The molecule has 0 fully saturated rings. The van der Waals surface area contributed by atoms with E-state index in [4.69, 9.17) is 72.1 Å². The van der Waals surface area contributed by atoms with Crippen LogP contribution in [0.4, 0.5) is 89.8 Å². The zero-order valence-electron chi connectivity index (χ0n) is 69.8. The maximum absolute atomic E-state index is 12.9. The Morgan fingerprint density at radius 2 is 0.756 bits per heavy atom. The molecular weight excluding hydrogens is 1790 g/mol. The Morgan fingerprint density at radius 1 is 0.417 bits per heavy atom. The molecular formula is C89H90Cl4F6N14O11S3. The molecule has 0 spiro atoms. The second-order valence-electron chi connectivity index (χ2n) is 28.6. The van der Waals surface area contributed by atoms with Gasteiger partial charge >= 0.3 is 18.3 Å². The number of Topliss-reactive ketones (excluding diaryl/α,β-unsaturated/α-hetero) is 1. The van der Waals surface area contributed by atoms with Crippen molar-refractivity contribution >= 4 is 151 Å². The average Bonchev–Trinajstić information content (AvgIpc) is 0.808. The summed E-state index contributed by atoms with van der Waals surface area (Å²) in [5.41, 5.74) is 22.1. The van der Waals surface area contributed by atoms with E-state index in [1.54, 1.807) is 134 Å². The number of methoxy groups -OCH3 is 3. The number of ether oxygens (including phenoxy) is 3. The van der Waals surface area contributed by atoms with Gasteiger partial charge in [0.15, 0.2) is 47.0 Å². The van der Waals surface area contributed by atoms with Gasteiger partial charge in [-0.25, -0.2) is 40.2 Å². The Labute approximate surface area is 752 Å². The van der Waals surface area contributed by atoms with Gasteiger partial charge in [0.25, 0.3) is 0 Å². The predicted molar refractivity (Wildman–Crippen MR) is 488 cm³/mol. The molecule has 0 aliphatic rings. The molecule has 127 heavy (non-hydrogen) atoms. The summed E-state index contributed by atoms with van der Waals surface area (Å²) in [6, 6.07) is 59.0. The summed E-state index contributed by atoms with van der Waals surface area (Å²) in [5, 5.41) is 16.0. The van der Waals surface area contributed by atoms with E-state index >= 15 is 0 Å². The highest BCUT2D eigenvalue weighted by Gasteiger charge is 2.39. The molecule has 25 nitrogen and oxygen atoms in total. The van der Waals surface area contributed by atoms with Crippen molar-refractivity contribution in [1.29, 1.82) is 0 Å². The van der Waals surface area contributed by atoms with Gasteiger partial charge in [0.1, 0.15) is 32.3 Å². The van der Waals surface area contributed by atoms with Gasteiger partial charge in [0, 0.05) is 13.0 Å². The van der Waals surface area contributed by atoms with Crippen molar-refractivity contribution in [2.24, 2.45) is 5.73 Å². The minimum atomic E-state index is -4.99. The van der Waals surface area contributed by atoms with E-state index < -0.39 is 75.7 Å². The first kappa shape index (κ1) is 98.9. The van der Waals surface area contributed by atoms with Gasteiger partial charge in [-0.3, -0.25) is 9.59 Å². The molecule has 0 saturated carbocycles. The number of anilines is 11. The van der Waals surface area contributed by atoms with Crippen molar-refractivity contribution in [2.75, 3.05) is 66.7 Å². The molecule has 1 amide bonds. The molecule has 0 radical (unpaired) electrons. The highest BCUT2D eigenvalue weighted by molar-refractivity contribution is 7.92. The van der Waals surface area contributed by atoms with Gasteiger partial charge in [-0.05, 0) is 208 Å². The molecule has 0 saturated heterocycles. The Morgan fingerprint density at radius 3 is 1.11 bits per heavy atom. The highest BCUT2D eigenvalue weighted by Crippen LogP contribution is 2.42. The number of nitrogen functional groups attached to an aromatic ring is 1. The second-order valence-corrected chi connectivity index (χ2v) is 37.6. The number of nitrogens with zero attached hydrogens (tertiary/aromatic N) is 6. The number of ketones is 1. The Balaban J connectivity index is 0.000000199. The minimum Gasteiger partial charge on any atom is -0.495 e. The van der Waals surface area contributed by atoms with Crippen molar-refractivity contribution in [2.45, 2.75) is 116 Å². The van der Waals surface area contributed by atoms with Gasteiger partial charge in [-0.2, -0.15) is 41.3 Å². The topological polar surface area (TPSA) is 366 Å². The quantitative estimate of drug-likeness (QED) is 0.0114. The second kappa shape index (κ2) is 44.5. The first-order valence-electron chi connectivity index (χ1n) is 39.0. The van der Waals surface area contributed by atoms with Gasteiger partial charge in [-0.15, -0.1) is 0 Å². The molecule has 12 rings (SSSR count). The van der Waals surface area contributed by atoms with Crippen LogP contribution in [0.1, 0.15) is 71.1 Å². The van der Waals surface area contributed by atoms with E-state index in [1.807, 2.05) is 108 Å². The van der Waals surface area contributed by atoms with Crippen molar-refractivity contribution in [3.05, 3.63) is 256 Å². The smallest absolute Gasteiger partial charge is 0.471 e. The number of hydrogen-bond acceptors (Lipinski definition) is 24. The van der Waals surface area contributed by atoms with E-state index in [0.717, 1.165) is 38.9 Å². The molecule has 38 heteroatoms. The number of sulfone groups is 3. The zero-order valence-corrected chi connectivity index (χ0v) is 75.3. The van der Waals surface area contributed by atoms with Crippen molar-refractivity contribution in [1.82, 2.24) is 35.2 Å². The highest BCUT2D eigenvalue weighted by atomic mass is 35.5. The van der Waals surface area contributed by atoms with Crippen LogP contribution in [0.5, 0.6) is 17.2 Å². The summed E-state index contributed by atoms with van der Waals surface area (Å²) in [6.45, 7) is 9.91. The summed E-state index contributed by atoms with van der Waals surface area (Å²) in [6.07, 6.45) is -5.03. The first-order valence-corrected chi connectivity index (χ1v) is 45.1. The molecule has 3 aromatic heterocycles. The van der Waals surface area contributed by atoms with E-state index in [0.29, 0.717) is 76.2 Å². The fourth-order valence-electron chi connectivity index (χ4n) is 12.3. The monoisotopic (exact) mass is 1880 g/mol. The fourth-order valence-corrected chi connectivity index (χ4v) is 16.5. The van der Waals surface area contributed by atoms with E-state index in [9.17, 15) is 61.2 Å². The standard InChI is InChI=1S/C30H29ClF3N5O4S.C28H30ClN5O3S.C18H18F3NO2.C13H13Cl2N3O2S/c1-18(2)44(41,42)26-12-8-7-11-23(26)37-27-22(31)17-36-29(39-27)38-24-15-20(13-14-35-28(40)30(32,33)34)21(16-25(24)43-3)19-9-5-4-6-10-19;1-18(2)38(35,36)26-12-8-7-11-23(26)32-27-22(29)17-31-28(34-27)33-24-15-20(13-14-30)21(16-25(24)37-3)19-9-5-4-6-10-19;1-24-16-11-14(12-6-3-2-4-7-12)13(10-15(16)22)8-5-9-17(23)18(19,20)21;1-8(2)21(19,20)11-6-4-3-5-10(11)17-12-9(14)7-16-13(15)18-12/h4-12,15-18H,13-14H2,1-3H3,(H,35,40)(H2,36,37,38,39);4-12,15-18H,13-14,30H2,1-3H3,(H2,31,32,33,34);2-4,6-7,10-11H,5,8-9,22H2,1H3;3-8H,1-2H3,(H,16,17,18). The number of rotatable bonds is 31. The number of carbonyl (C=O) groups is 2. The Hall–Kier alpha value is -11.9. The van der Waals surface area contributed by atoms with Gasteiger partial charge < -0.3 is 57.6 Å². The summed E-state index contributed by atoms with van der Waals surface area (Å²) in [5.74, 6) is -1.27. The fraction of sp³-hybridized carbons (Fsp3) is 0.236.